The number of nitrogens with zero attached hydrogens (tertiary/aromatic N) is 3. The third-order valence-corrected chi connectivity index (χ3v) is 7.97. The zero-order valence-corrected chi connectivity index (χ0v) is 21.4. The van der Waals surface area contributed by atoms with Gasteiger partial charge in [-0.3, -0.25) is 4.57 Å². The normalized spacial score (nSPS) is 12.2. The van der Waals surface area contributed by atoms with E-state index in [1.54, 1.807) is 0 Å². The maximum absolute atomic E-state index is 6.43. The Kier molecular flexibility index (Phi) is 4.30. The van der Waals surface area contributed by atoms with Crippen LogP contribution in [0.15, 0.2) is 127 Å². The van der Waals surface area contributed by atoms with Crippen LogP contribution >= 0.6 is 0 Å². The number of rotatable bonds is 3. The summed E-state index contributed by atoms with van der Waals surface area (Å²) in [5.41, 5.74) is 8.11. The van der Waals surface area contributed by atoms with Crippen molar-refractivity contribution in [2.45, 2.75) is 0 Å². The van der Waals surface area contributed by atoms with Crippen molar-refractivity contribution >= 4 is 43.6 Å². The topological polar surface area (TPSA) is 39.9 Å². The number of ether oxygens (including phenoxy) is 1. The lowest BCUT2D eigenvalue weighted by molar-refractivity contribution is 0.493. The first-order chi connectivity index (χ1) is 19.8. The van der Waals surface area contributed by atoms with E-state index in [2.05, 4.69) is 102 Å². The highest BCUT2D eigenvalue weighted by atomic mass is 16.5. The molecule has 0 bridgehead atoms. The molecule has 0 atom stereocenters. The van der Waals surface area contributed by atoms with Gasteiger partial charge in [-0.1, -0.05) is 91.0 Å². The van der Waals surface area contributed by atoms with E-state index in [0.717, 1.165) is 61.4 Å². The van der Waals surface area contributed by atoms with E-state index in [1.165, 1.54) is 21.9 Å². The van der Waals surface area contributed by atoms with E-state index in [1.807, 2.05) is 30.3 Å². The molecule has 0 amide bonds. The highest BCUT2D eigenvalue weighted by Crippen LogP contribution is 2.49. The molecule has 9 rings (SSSR count). The number of aromatic nitrogens is 3. The standard InChI is InChI=1S/C36H21N3O/c1-2-8-22(9-3-1)23-16-18-25(19-17-23)35-36(38-27-12-5-4-11-26(27)37-35)39-28-13-7-15-31-33(28)34-29(39)21-20-24-10-6-14-30(40-31)32(24)34/h1-21H. The van der Waals surface area contributed by atoms with E-state index in [9.17, 15) is 0 Å². The molecule has 0 fully saturated rings. The number of fused-ring (bicyclic) bond motifs is 1. The van der Waals surface area contributed by atoms with Gasteiger partial charge >= 0.3 is 0 Å². The minimum absolute atomic E-state index is 0.807. The Morgan fingerprint density at radius 3 is 1.93 bits per heavy atom. The number of hydrogen-bond acceptors (Lipinski definition) is 3. The summed E-state index contributed by atoms with van der Waals surface area (Å²) in [7, 11) is 0. The van der Waals surface area contributed by atoms with Crippen molar-refractivity contribution in [1.29, 1.82) is 0 Å². The zero-order chi connectivity index (χ0) is 26.2. The fourth-order valence-electron chi connectivity index (χ4n) is 6.17. The Hall–Kier alpha value is -5.48. The van der Waals surface area contributed by atoms with Gasteiger partial charge in [0, 0.05) is 16.3 Å². The molecule has 4 nitrogen and oxygen atoms in total. The van der Waals surface area contributed by atoms with Crippen LogP contribution in [-0.4, -0.2) is 14.5 Å². The van der Waals surface area contributed by atoms with Crippen LogP contribution in [0.3, 0.4) is 0 Å². The summed E-state index contributed by atoms with van der Waals surface area (Å²) in [5, 5.41) is 4.62. The molecule has 1 aliphatic heterocycles. The van der Waals surface area contributed by atoms with Crippen molar-refractivity contribution in [1.82, 2.24) is 14.5 Å². The Morgan fingerprint density at radius 2 is 1.10 bits per heavy atom. The minimum Gasteiger partial charge on any atom is -0.456 e. The maximum Gasteiger partial charge on any atom is 0.165 e. The van der Waals surface area contributed by atoms with Crippen LogP contribution in [0.1, 0.15) is 0 Å². The van der Waals surface area contributed by atoms with Crippen LogP contribution in [0.4, 0.5) is 0 Å². The second kappa shape index (κ2) is 8.01. The molecule has 0 radical (unpaired) electrons. The highest BCUT2D eigenvalue weighted by Gasteiger charge is 2.26. The first kappa shape index (κ1) is 21.5. The summed E-state index contributed by atoms with van der Waals surface area (Å²) in [6.07, 6.45) is 0. The van der Waals surface area contributed by atoms with Crippen LogP contribution < -0.4 is 4.74 Å². The van der Waals surface area contributed by atoms with Crippen molar-refractivity contribution in [3.8, 4) is 39.7 Å². The van der Waals surface area contributed by atoms with Gasteiger partial charge in [0.15, 0.2) is 5.82 Å². The fraction of sp³-hybridized carbons (Fsp3) is 0. The van der Waals surface area contributed by atoms with Gasteiger partial charge in [0.05, 0.1) is 27.5 Å². The molecule has 0 saturated heterocycles. The summed E-state index contributed by atoms with van der Waals surface area (Å²) >= 11 is 0. The monoisotopic (exact) mass is 511 g/mol. The second-order valence-corrected chi connectivity index (χ2v) is 10.2. The van der Waals surface area contributed by atoms with Crippen LogP contribution in [0.25, 0.3) is 71.8 Å². The summed E-state index contributed by atoms with van der Waals surface area (Å²) in [5.74, 6) is 2.57. The quantitative estimate of drug-likeness (QED) is 0.237. The summed E-state index contributed by atoms with van der Waals surface area (Å²) in [6.45, 7) is 0. The van der Waals surface area contributed by atoms with E-state index >= 15 is 0 Å². The fourth-order valence-corrected chi connectivity index (χ4v) is 6.17. The summed E-state index contributed by atoms with van der Waals surface area (Å²) in [4.78, 5) is 10.5. The molecular weight excluding hydrogens is 490 g/mol. The third kappa shape index (κ3) is 2.96. The predicted molar refractivity (Wildman–Crippen MR) is 162 cm³/mol. The van der Waals surface area contributed by atoms with Gasteiger partial charge in [-0.25, -0.2) is 9.97 Å². The first-order valence-corrected chi connectivity index (χ1v) is 13.4. The molecule has 1 aliphatic rings. The molecule has 0 N–H and O–H groups in total. The predicted octanol–water partition coefficient (Wildman–Crippen LogP) is 9.32. The van der Waals surface area contributed by atoms with Crippen LogP contribution in [-0.2, 0) is 0 Å². The highest BCUT2D eigenvalue weighted by molar-refractivity contribution is 6.26. The SMILES string of the molecule is c1ccc(-c2ccc(-c3nc4ccccc4nc3-n3c4cccc5c4c4c6c(cccc6ccc43)O5)cc2)cc1. The zero-order valence-electron chi connectivity index (χ0n) is 21.4. The second-order valence-electron chi connectivity index (χ2n) is 10.2. The summed E-state index contributed by atoms with van der Waals surface area (Å²) in [6, 6.07) is 44.1. The van der Waals surface area contributed by atoms with E-state index in [4.69, 9.17) is 14.7 Å². The Bertz CT molecular complexity index is 2280. The van der Waals surface area contributed by atoms with Crippen molar-refractivity contribution in [2.24, 2.45) is 0 Å². The molecule has 3 heterocycles. The van der Waals surface area contributed by atoms with E-state index in [0.29, 0.717) is 0 Å². The third-order valence-electron chi connectivity index (χ3n) is 7.97. The minimum atomic E-state index is 0.807. The number of hydrogen-bond donors (Lipinski definition) is 0. The molecule has 0 unspecified atom stereocenters. The average Bonchev–Trinajstić information content (AvgIpc) is 3.37. The lowest BCUT2D eigenvalue weighted by Crippen LogP contribution is -2.03. The lowest BCUT2D eigenvalue weighted by Gasteiger charge is -2.15. The van der Waals surface area contributed by atoms with E-state index < -0.39 is 0 Å². The van der Waals surface area contributed by atoms with Gasteiger partial charge in [0.25, 0.3) is 0 Å². The molecule has 0 spiro atoms. The average molecular weight is 512 g/mol. The number of benzene rings is 6. The lowest BCUT2D eigenvalue weighted by atomic mass is 10.0. The molecule has 186 valence electrons. The largest absolute Gasteiger partial charge is 0.456 e. The Balaban J connectivity index is 1.37. The molecular formula is C36H21N3O. The van der Waals surface area contributed by atoms with Gasteiger partial charge in [0.2, 0.25) is 0 Å². The van der Waals surface area contributed by atoms with Crippen LogP contribution in [0.5, 0.6) is 11.5 Å². The Morgan fingerprint density at radius 1 is 0.450 bits per heavy atom. The molecule has 4 heteroatoms. The smallest absolute Gasteiger partial charge is 0.165 e. The number of para-hydroxylation sites is 2. The molecule has 2 aromatic heterocycles. The Labute approximate surface area is 229 Å². The van der Waals surface area contributed by atoms with Gasteiger partial charge < -0.3 is 4.74 Å². The molecule has 0 saturated carbocycles. The van der Waals surface area contributed by atoms with Crippen molar-refractivity contribution in [3.63, 3.8) is 0 Å². The molecule has 0 aliphatic carbocycles. The van der Waals surface area contributed by atoms with Gasteiger partial charge in [0.1, 0.15) is 17.2 Å². The maximum atomic E-state index is 6.43. The van der Waals surface area contributed by atoms with Crippen molar-refractivity contribution < 1.29 is 4.74 Å². The van der Waals surface area contributed by atoms with Crippen LogP contribution in [0.2, 0.25) is 0 Å². The van der Waals surface area contributed by atoms with Crippen molar-refractivity contribution in [2.75, 3.05) is 0 Å². The van der Waals surface area contributed by atoms with Crippen LogP contribution in [0, 0.1) is 0 Å². The van der Waals surface area contributed by atoms with Gasteiger partial charge in [-0.15, -0.1) is 0 Å². The van der Waals surface area contributed by atoms with Crippen molar-refractivity contribution in [3.05, 3.63) is 127 Å². The molecule has 40 heavy (non-hydrogen) atoms. The van der Waals surface area contributed by atoms with Gasteiger partial charge in [-0.2, -0.15) is 0 Å². The summed E-state index contributed by atoms with van der Waals surface area (Å²) < 4.78 is 8.69. The molecule has 6 aromatic carbocycles. The molecule has 8 aromatic rings. The first-order valence-electron chi connectivity index (χ1n) is 13.4. The van der Waals surface area contributed by atoms with Gasteiger partial charge in [-0.05, 0) is 52.9 Å². The van der Waals surface area contributed by atoms with E-state index in [-0.39, 0.29) is 0 Å².